The largest absolute Gasteiger partial charge is 0.419 e. The lowest BCUT2D eigenvalue weighted by Gasteiger charge is -2.25. The molecule has 1 aromatic heterocycles. The minimum Gasteiger partial charge on any atom is -0.419 e. The van der Waals surface area contributed by atoms with Crippen molar-refractivity contribution in [2.75, 3.05) is 0 Å². The van der Waals surface area contributed by atoms with E-state index < -0.39 is 0 Å². The highest BCUT2D eigenvalue weighted by Gasteiger charge is 2.21. The highest BCUT2D eigenvalue weighted by Crippen LogP contribution is 2.26. The number of amides is 1. The van der Waals surface area contributed by atoms with E-state index in [1.54, 1.807) is 11.0 Å². The number of carbonyl (C=O) groups excluding carboxylic acids is 1. The van der Waals surface area contributed by atoms with Crippen LogP contribution in [0.2, 0.25) is 5.02 Å². The second-order valence-corrected chi connectivity index (χ2v) is 8.10. The van der Waals surface area contributed by atoms with E-state index in [4.69, 9.17) is 16.0 Å². The smallest absolute Gasteiger partial charge is 0.249 e. The maximum Gasteiger partial charge on any atom is 0.249 e. The molecule has 0 atom stereocenters. The summed E-state index contributed by atoms with van der Waals surface area (Å²) in [5.41, 5.74) is 3.00. The van der Waals surface area contributed by atoms with Crippen LogP contribution in [-0.2, 0) is 24.2 Å². The molecule has 0 aliphatic heterocycles. The number of nitrogens with zero attached hydrogens (tertiary/aromatic N) is 3. The summed E-state index contributed by atoms with van der Waals surface area (Å²) in [5, 5.41) is 8.76. The van der Waals surface area contributed by atoms with E-state index in [1.165, 1.54) is 18.4 Å². The lowest BCUT2D eigenvalue weighted by Crippen LogP contribution is -2.37. The summed E-state index contributed by atoms with van der Waals surface area (Å²) in [6.07, 6.45) is 3.78. The molecular formula is C24H28ClN3O2. The van der Waals surface area contributed by atoms with Crippen LogP contribution < -0.4 is 0 Å². The molecule has 0 aliphatic carbocycles. The van der Waals surface area contributed by atoms with E-state index in [0.29, 0.717) is 28.8 Å². The Balaban J connectivity index is 1.67. The standard InChI is InChI=1S/C24H28ClN3O2/c1-4-5-8-18-11-13-19(14-12-18)15-23(29)28(17(2)3)16-22-26-27-24(30-22)20-9-6-7-10-21(20)25/h6-7,9-14,17H,4-5,8,15-16H2,1-3H3. The molecule has 0 saturated carbocycles. The zero-order valence-corrected chi connectivity index (χ0v) is 18.5. The number of hydrogen-bond donors (Lipinski definition) is 0. The van der Waals surface area contributed by atoms with E-state index in [0.717, 1.165) is 12.0 Å². The highest BCUT2D eigenvalue weighted by atomic mass is 35.5. The van der Waals surface area contributed by atoms with Crippen LogP contribution in [0, 0.1) is 0 Å². The van der Waals surface area contributed by atoms with E-state index in [9.17, 15) is 4.79 Å². The third-order valence-electron chi connectivity index (χ3n) is 5.02. The first kappa shape index (κ1) is 22.0. The van der Waals surface area contributed by atoms with Gasteiger partial charge >= 0.3 is 0 Å². The van der Waals surface area contributed by atoms with Gasteiger partial charge in [-0.3, -0.25) is 4.79 Å². The van der Waals surface area contributed by atoms with Crippen molar-refractivity contribution < 1.29 is 9.21 Å². The monoisotopic (exact) mass is 425 g/mol. The van der Waals surface area contributed by atoms with Crippen LogP contribution in [0.5, 0.6) is 0 Å². The number of aryl methyl sites for hydroxylation is 1. The van der Waals surface area contributed by atoms with Crippen LogP contribution in [0.15, 0.2) is 52.9 Å². The Labute approximate surface area is 183 Å². The van der Waals surface area contributed by atoms with Gasteiger partial charge in [0.15, 0.2) is 0 Å². The molecule has 30 heavy (non-hydrogen) atoms. The minimum absolute atomic E-state index is 0.0111. The van der Waals surface area contributed by atoms with Gasteiger partial charge in [-0.25, -0.2) is 0 Å². The normalized spacial score (nSPS) is 11.1. The number of unbranched alkanes of at least 4 members (excludes halogenated alkanes) is 1. The molecule has 6 heteroatoms. The van der Waals surface area contributed by atoms with Gasteiger partial charge in [0.2, 0.25) is 17.7 Å². The van der Waals surface area contributed by atoms with Crippen LogP contribution in [0.25, 0.3) is 11.5 Å². The predicted molar refractivity (Wildman–Crippen MR) is 119 cm³/mol. The van der Waals surface area contributed by atoms with Crippen molar-refractivity contribution in [3.8, 4) is 11.5 Å². The molecule has 0 unspecified atom stereocenters. The van der Waals surface area contributed by atoms with Crippen molar-refractivity contribution in [1.29, 1.82) is 0 Å². The molecule has 0 radical (unpaired) electrons. The Kier molecular flexibility index (Phi) is 7.63. The van der Waals surface area contributed by atoms with E-state index in [1.807, 2.05) is 44.2 Å². The van der Waals surface area contributed by atoms with E-state index >= 15 is 0 Å². The number of carbonyl (C=O) groups is 1. The minimum atomic E-state index is 0.0111. The van der Waals surface area contributed by atoms with Crippen molar-refractivity contribution >= 4 is 17.5 Å². The Morgan fingerprint density at radius 3 is 2.43 bits per heavy atom. The number of hydrogen-bond acceptors (Lipinski definition) is 4. The molecule has 1 heterocycles. The molecular weight excluding hydrogens is 398 g/mol. The molecule has 0 saturated heterocycles. The second-order valence-electron chi connectivity index (χ2n) is 7.69. The lowest BCUT2D eigenvalue weighted by molar-refractivity contribution is -0.133. The summed E-state index contributed by atoms with van der Waals surface area (Å²) in [6.45, 7) is 6.42. The van der Waals surface area contributed by atoms with Gasteiger partial charge in [-0.2, -0.15) is 0 Å². The molecule has 158 valence electrons. The Morgan fingerprint density at radius 2 is 1.77 bits per heavy atom. The number of halogens is 1. The third-order valence-corrected chi connectivity index (χ3v) is 5.35. The Bertz CT molecular complexity index is 967. The van der Waals surface area contributed by atoms with Gasteiger partial charge in [-0.1, -0.05) is 61.3 Å². The average molecular weight is 426 g/mol. The number of rotatable bonds is 9. The molecule has 0 N–H and O–H groups in total. The van der Waals surface area contributed by atoms with Crippen molar-refractivity contribution in [2.24, 2.45) is 0 Å². The maximum atomic E-state index is 13.0. The van der Waals surface area contributed by atoms with Crippen molar-refractivity contribution in [3.63, 3.8) is 0 Å². The molecule has 3 aromatic rings. The van der Waals surface area contributed by atoms with Gasteiger partial charge in [0.1, 0.15) is 0 Å². The fourth-order valence-electron chi connectivity index (χ4n) is 3.25. The number of aromatic nitrogens is 2. The highest BCUT2D eigenvalue weighted by molar-refractivity contribution is 6.33. The van der Waals surface area contributed by atoms with Gasteiger partial charge in [-0.15, -0.1) is 10.2 Å². The Hall–Kier alpha value is -2.66. The van der Waals surface area contributed by atoms with Crippen LogP contribution in [-0.4, -0.2) is 27.0 Å². The molecule has 2 aromatic carbocycles. The summed E-state index contributed by atoms with van der Waals surface area (Å²) in [6, 6.07) is 15.6. The first-order valence-corrected chi connectivity index (χ1v) is 10.8. The quantitative estimate of drug-likeness (QED) is 0.440. The molecule has 0 fully saturated rings. The van der Waals surface area contributed by atoms with Crippen molar-refractivity contribution in [2.45, 2.75) is 59.0 Å². The fourth-order valence-corrected chi connectivity index (χ4v) is 3.46. The summed E-state index contributed by atoms with van der Waals surface area (Å²) in [4.78, 5) is 14.7. The molecule has 1 amide bonds. The summed E-state index contributed by atoms with van der Waals surface area (Å²) in [7, 11) is 0. The van der Waals surface area contributed by atoms with Gasteiger partial charge in [0, 0.05) is 6.04 Å². The topological polar surface area (TPSA) is 59.2 Å². The van der Waals surface area contributed by atoms with Crippen molar-refractivity contribution in [3.05, 3.63) is 70.6 Å². The predicted octanol–water partition coefficient (Wildman–Crippen LogP) is 5.71. The Morgan fingerprint density at radius 1 is 1.07 bits per heavy atom. The van der Waals surface area contributed by atoms with Gasteiger partial charge in [0.25, 0.3) is 0 Å². The van der Waals surface area contributed by atoms with Gasteiger partial charge < -0.3 is 9.32 Å². The van der Waals surface area contributed by atoms with Crippen LogP contribution >= 0.6 is 11.6 Å². The van der Waals surface area contributed by atoms with Crippen LogP contribution in [0.3, 0.4) is 0 Å². The summed E-state index contributed by atoms with van der Waals surface area (Å²) in [5.74, 6) is 0.778. The molecule has 5 nitrogen and oxygen atoms in total. The van der Waals surface area contributed by atoms with E-state index in [-0.39, 0.29) is 18.5 Å². The lowest BCUT2D eigenvalue weighted by atomic mass is 10.0. The van der Waals surface area contributed by atoms with Crippen molar-refractivity contribution in [1.82, 2.24) is 15.1 Å². The fraction of sp³-hybridized carbons (Fsp3) is 0.375. The SMILES string of the molecule is CCCCc1ccc(CC(=O)N(Cc2nnc(-c3ccccc3Cl)o2)C(C)C)cc1. The second kappa shape index (κ2) is 10.4. The number of benzene rings is 2. The average Bonchev–Trinajstić information content (AvgIpc) is 3.20. The summed E-state index contributed by atoms with van der Waals surface area (Å²) >= 11 is 6.21. The maximum absolute atomic E-state index is 13.0. The first-order chi connectivity index (χ1) is 14.5. The molecule has 0 spiro atoms. The molecule has 0 bridgehead atoms. The van der Waals surface area contributed by atoms with Gasteiger partial charge in [-0.05, 0) is 49.9 Å². The van der Waals surface area contributed by atoms with Crippen LogP contribution in [0.1, 0.15) is 50.6 Å². The van der Waals surface area contributed by atoms with E-state index in [2.05, 4.69) is 29.3 Å². The zero-order valence-electron chi connectivity index (χ0n) is 17.8. The summed E-state index contributed by atoms with van der Waals surface area (Å²) < 4.78 is 5.78. The molecule has 3 rings (SSSR count). The first-order valence-electron chi connectivity index (χ1n) is 10.4. The van der Waals surface area contributed by atoms with Gasteiger partial charge in [0.05, 0.1) is 23.6 Å². The molecule has 0 aliphatic rings. The third kappa shape index (κ3) is 5.70. The van der Waals surface area contributed by atoms with Crippen LogP contribution in [0.4, 0.5) is 0 Å². The zero-order chi connectivity index (χ0) is 21.5.